The smallest absolute Gasteiger partial charge is 0.254 e. The number of nitrogens with zero attached hydrogens (tertiary/aromatic N) is 2. The van der Waals surface area contributed by atoms with Crippen LogP contribution in [0.1, 0.15) is 33.9 Å². The number of piperazine rings is 1. The Morgan fingerprint density at radius 2 is 1.84 bits per heavy atom. The Bertz CT molecular complexity index is 819. The summed E-state index contributed by atoms with van der Waals surface area (Å²) < 4.78 is 13.1. The van der Waals surface area contributed by atoms with Gasteiger partial charge in [0.25, 0.3) is 5.91 Å². The SMILES string of the molecule is O=C(c1ccc(F)cc1)N1CC(=O)N2CCCc3ccccc3C2C1. The van der Waals surface area contributed by atoms with Gasteiger partial charge in [0.15, 0.2) is 0 Å². The van der Waals surface area contributed by atoms with E-state index in [1.807, 2.05) is 17.0 Å². The molecule has 2 aliphatic rings. The summed E-state index contributed by atoms with van der Waals surface area (Å²) in [6.45, 7) is 1.27. The molecule has 1 unspecified atom stereocenters. The standard InChI is InChI=1S/C20H19FN2O2/c21-16-9-7-15(8-10-16)20(25)22-12-18-17-6-2-1-4-14(17)5-3-11-23(18)19(24)13-22/h1-2,4,6-10,18H,3,5,11-13H2. The highest BCUT2D eigenvalue weighted by Crippen LogP contribution is 2.32. The summed E-state index contributed by atoms with van der Waals surface area (Å²) in [4.78, 5) is 28.9. The second kappa shape index (κ2) is 6.31. The lowest BCUT2D eigenvalue weighted by Gasteiger charge is -2.40. The van der Waals surface area contributed by atoms with E-state index in [9.17, 15) is 14.0 Å². The predicted molar refractivity (Wildman–Crippen MR) is 91.5 cm³/mol. The molecule has 25 heavy (non-hydrogen) atoms. The zero-order chi connectivity index (χ0) is 17.4. The summed E-state index contributed by atoms with van der Waals surface area (Å²) in [7, 11) is 0. The molecule has 0 aliphatic carbocycles. The van der Waals surface area contributed by atoms with Gasteiger partial charge in [0, 0.05) is 18.7 Å². The minimum atomic E-state index is -0.379. The van der Waals surface area contributed by atoms with E-state index in [0.29, 0.717) is 12.1 Å². The molecule has 2 heterocycles. The fourth-order valence-corrected chi connectivity index (χ4v) is 3.80. The number of amides is 2. The number of halogens is 1. The molecule has 1 saturated heterocycles. The van der Waals surface area contributed by atoms with Gasteiger partial charge in [-0.15, -0.1) is 0 Å². The van der Waals surface area contributed by atoms with Gasteiger partial charge < -0.3 is 9.80 Å². The van der Waals surface area contributed by atoms with Gasteiger partial charge in [-0.2, -0.15) is 0 Å². The van der Waals surface area contributed by atoms with Crippen LogP contribution in [0.4, 0.5) is 4.39 Å². The monoisotopic (exact) mass is 338 g/mol. The van der Waals surface area contributed by atoms with E-state index in [1.54, 1.807) is 4.90 Å². The topological polar surface area (TPSA) is 40.6 Å². The Labute approximate surface area is 145 Å². The Morgan fingerprint density at radius 1 is 1.08 bits per heavy atom. The highest BCUT2D eigenvalue weighted by Gasteiger charge is 2.37. The number of rotatable bonds is 1. The van der Waals surface area contributed by atoms with Gasteiger partial charge in [-0.25, -0.2) is 4.39 Å². The van der Waals surface area contributed by atoms with Crippen molar-refractivity contribution in [3.63, 3.8) is 0 Å². The Kier molecular flexibility index (Phi) is 3.99. The highest BCUT2D eigenvalue weighted by molar-refractivity contribution is 5.97. The predicted octanol–water partition coefficient (Wildman–Crippen LogP) is 2.80. The first-order chi connectivity index (χ1) is 12.1. The van der Waals surface area contributed by atoms with Gasteiger partial charge in [-0.1, -0.05) is 24.3 Å². The third kappa shape index (κ3) is 2.90. The highest BCUT2D eigenvalue weighted by atomic mass is 19.1. The molecule has 2 amide bonds. The fourth-order valence-electron chi connectivity index (χ4n) is 3.80. The van der Waals surface area contributed by atoms with Crippen LogP contribution in [-0.4, -0.2) is 41.2 Å². The molecule has 4 rings (SSSR count). The largest absolute Gasteiger partial charge is 0.332 e. The fraction of sp³-hybridized carbons (Fsp3) is 0.300. The van der Waals surface area contributed by atoms with Crippen LogP contribution in [-0.2, 0) is 11.2 Å². The molecule has 2 aromatic carbocycles. The molecule has 5 heteroatoms. The van der Waals surface area contributed by atoms with Gasteiger partial charge >= 0.3 is 0 Å². The maximum Gasteiger partial charge on any atom is 0.254 e. The molecular formula is C20H19FN2O2. The van der Waals surface area contributed by atoms with Crippen LogP contribution in [0.25, 0.3) is 0 Å². The van der Waals surface area contributed by atoms with Crippen molar-refractivity contribution >= 4 is 11.8 Å². The first kappa shape index (κ1) is 15.8. The molecule has 0 aromatic heterocycles. The minimum absolute atomic E-state index is 0.0246. The van der Waals surface area contributed by atoms with Crippen molar-refractivity contribution < 1.29 is 14.0 Å². The van der Waals surface area contributed by atoms with E-state index in [2.05, 4.69) is 12.1 Å². The quantitative estimate of drug-likeness (QED) is 0.802. The molecule has 0 N–H and O–H groups in total. The first-order valence-electron chi connectivity index (χ1n) is 8.55. The van der Waals surface area contributed by atoms with Gasteiger partial charge in [0.1, 0.15) is 12.4 Å². The lowest BCUT2D eigenvalue weighted by molar-refractivity contribution is -0.138. The van der Waals surface area contributed by atoms with Crippen molar-refractivity contribution in [1.82, 2.24) is 9.80 Å². The summed E-state index contributed by atoms with van der Waals surface area (Å²) in [6.07, 6.45) is 1.88. The van der Waals surface area contributed by atoms with Gasteiger partial charge in [0.2, 0.25) is 5.91 Å². The first-order valence-corrected chi connectivity index (χ1v) is 8.55. The maximum absolute atomic E-state index is 13.1. The zero-order valence-electron chi connectivity index (χ0n) is 13.8. The molecular weight excluding hydrogens is 319 g/mol. The van der Waals surface area contributed by atoms with Crippen LogP contribution in [0.15, 0.2) is 48.5 Å². The van der Waals surface area contributed by atoms with Gasteiger partial charge in [0.05, 0.1) is 6.04 Å². The number of hydrogen-bond acceptors (Lipinski definition) is 2. The average Bonchev–Trinajstić information content (AvgIpc) is 2.82. The Morgan fingerprint density at radius 3 is 2.64 bits per heavy atom. The number of fused-ring (bicyclic) bond motifs is 3. The van der Waals surface area contributed by atoms with E-state index < -0.39 is 0 Å². The average molecular weight is 338 g/mol. The van der Waals surface area contributed by atoms with E-state index >= 15 is 0 Å². The zero-order valence-corrected chi connectivity index (χ0v) is 13.8. The van der Waals surface area contributed by atoms with E-state index in [-0.39, 0.29) is 30.2 Å². The molecule has 0 radical (unpaired) electrons. The molecule has 0 bridgehead atoms. The summed E-state index contributed by atoms with van der Waals surface area (Å²) >= 11 is 0. The molecule has 128 valence electrons. The lowest BCUT2D eigenvalue weighted by Crippen LogP contribution is -2.53. The van der Waals surface area contributed by atoms with Crippen LogP contribution in [0, 0.1) is 5.82 Å². The number of carbonyl (C=O) groups excluding carboxylic acids is 2. The molecule has 2 aliphatic heterocycles. The minimum Gasteiger partial charge on any atom is -0.332 e. The molecule has 0 saturated carbocycles. The van der Waals surface area contributed by atoms with E-state index in [1.165, 1.54) is 29.8 Å². The second-order valence-corrected chi connectivity index (χ2v) is 6.60. The van der Waals surface area contributed by atoms with Crippen LogP contribution < -0.4 is 0 Å². The Balaban J connectivity index is 1.65. The number of benzene rings is 2. The van der Waals surface area contributed by atoms with Crippen molar-refractivity contribution in [2.24, 2.45) is 0 Å². The van der Waals surface area contributed by atoms with Crippen LogP contribution >= 0.6 is 0 Å². The third-order valence-corrected chi connectivity index (χ3v) is 5.05. The van der Waals surface area contributed by atoms with Gasteiger partial charge in [-0.3, -0.25) is 9.59 Å². The Hall–Kier alpha value is -2.69. The summed E-state index contributed by atoms with van der Waals surface area (Å²) in [5.41, 5.74) is 2.79. The molecule has 2 aromatic rings. The van der Waals surface area contributed by atoms with E-state index in [4.69, 9.17) is 0 Å². The van der Waals surface area contributed by atoms with Gasteiger partial charge in [-0.05, 0) is 48.2 Å². The summed E-state index contributed by atoms with van der Waals surface area (Å²) in [5, 5.41) is 0. The van der Waals surface area contributed by atoms with E-state index in [0.717, 1.165) is 24.9 Å². The van der Waals surface area contributed by atoms with Crippen molar-refractivity contribution in [3.8, 4) is 0 Å². The number of aryl methyl sites for hydroxylation is 1. The summed E-state index contributed by atoms with van der Waals surface area (Å²) in [5.74, 6) is -0.631. The van der Waals surface area contributed by atoms with Crippen molar-refractivity contribution in [2.45, 2.75) is 18.9 Å². The number of hydrogen-bond donors (Lipinski definition) is 0. The van der Waals surface area contributed by atoms with Crippen molar-refractivity contribution in [1.29, 1.82) is 0 Å². The lowest BCUT2D eigenvalue weighted by atomic mass is 9.96. The maximum atomic E-state index is 13.1. The van der Waals surface area contributed by atoms with Crippen molar-refractivity contribution in [2.75, 3.05) is 19.6 Å². The normalized spacial score (nSPS) is 19.9. The third-order valence-electron chi connectivity index (χ3n) is 5.05. The summed E-state index contributed by atoms with van der Waals surface area (Å²) in [6, 6.07) is 13.5. The van der Waals surface area contributed by atoms with Crippen molar-refractivity contribution in [3.05, 3.63) is 71.0 Å². The molecule has 1 fully saturated rings. The van der Waals surface area contributed by atoms with Crippen LogP contribution in [0.5, 0.6) is 0 Å². The van der Waals surface area contributed by atoms with Crippen LogP contribution in [0.2, 0.25) is 0 Å². The second-order valence-electron chi connectivity index (χ2n) is 6.60. The van der Waals surface area contributed by atoms with Crippen LogP contribution in [0.3, 0.4) is 0 Å². The molecule has 4 nitrogen and oxygen atoms in total. The molecule has 1 atom stereocenters. The molecule has 0 spiro atoms. The number of carbonyl (C=O) groups is 2.